The Morgan fingerprint density at radius 2 is 0.484 bits per heavy atom. The molecule has 3 rings (SSSR count). The van der Waals surface area contributed by atoms with Crippen LogP contribution in [-0.2, 0) is 0 Å². The van der Waals surface area contributed by atoms with Crippen LogP contribution in [0.25, 0.3) is 0 Å². The van der Waals surface area contributed by atoms with Gasteiger partial charge in [0.1, 0.15) is 54.6 Å². The summed E-state index contributed by atoms with van der Waals surface area (Å²) >= 11 is 0. The molecule has 0 spiro atoms. The maximum atomic E-state index is 9.74. The quantitative estimate of drug-likeness (QED) is 0.590. The Balaban J connectivity index is 2.85. The largest absolute Gasteiger partial charge is 0.192 e. The minimum absolute atomic E-state index is 0.154. The van der Waals surface area contributed by atoms with Crippen LogP contribution in [0.4, 0.5) is 0 Å². The van der Waals surface area contributed by atoms with Crippen LogP contribution in [0.2, 0.25) is 0 Å². The molecule has 9 nitrogen and oxygen atoms in total. The van der Waals surface area contributed by atoms with Crippen molar-refractivity contribution in [2.45, 2.75) is 0 Å². The highest BCUT2D eigenvalue weighted by Crippen LogP contribution is 2.55. The molecule has 0 unspecified atom stereocenters. The van der Waals surface area contributed by atoms with Crippen LogP contribution in [0.5, 0.6) is 0 Å². The van der Waals surface area contributed by atoms with E-state index < -0.39 is 22.6 Å². The van der Waals surface area contributed by atoms with Crippen molar-refractivity contribution in [3.63, 3.8) is 0 Å². The molecule has 0 aromatic carbocycles. The lowest BCUT2D eigenvalue weighted by Crippen LogP contribution is -2.30. The molecule has 0 saturated carbocycles. The lowest BCUT2D eigenvalue weighted by atomic mass is 9.60. The Labute approximate surface area is 175 Å². The Hall–Kier alpha value is -6.15. The molecule has 134 valence electrons. The predicted molar refractivity (Wildman–Crippen MR) is 96.2 cm³/mol. The SMILES string of the molecule is N#CC1=C(C#N)C2=C(C#N)C(C#N)=C(C#N)C3=C(C#N)C(C#N)=C(C#N)C(=C1C#N)C23. The maximum Gasteiger partial charge on any atom is 0.102 e. The van der Waals surface area contributed by atoms with Gasteiger partial charge < -0.3 is 0 Å². The fourth-order valence-corrected chi connectivity index (χ4v) is 3.89. The van der Waals surface area contributed by atoms with Gasteiger partial charge in [-0.15, -0.1) is 0 Å². The number of hydrogen-bond donors (Lipinski definition) is 0. The second-order valence-corrected chi connectivity index (χ2v) is 6.06. The van der Waals surface area contributed by atoms with Crippen molar-refractivity contribution in [3.05, 3.63) is 66.9 Å². The second kappa shape index (κ2) is 7.11. The smallest absolute Gasteiger partial charge is 0.102 e. The van der Waals surface area contributed by atoms with Gasteiger partial charge >= 0.3 is 0 Å². The van der Waals surface area contributed by atoms with E-state index in [-0.39, 0.29) is 50.2 Å². The van der Waals surface area contributed by atoms with E-state index in [9.17, 15) is 47.4 Å². The molecule has 3 aliphatic carbocycles. The molecule has 3 aliphatic rings. The fourth-order valence-electron chi connectivity index (χ4n) is 3.89. The average Bonchev–Trinajstić information content (AvgIpc) is 2.81. The van der Waals surface area contributed by atoms with E-state index in [0.29, 0.717) is 0 Å². The standard InChI is InChI=1S/C22HN9/c23-1-10-13(4-26)19-15(6-28)11(2-24)17(8-30)21-18(9-31)12(3-25)16(7-29)20(22(19)21)14(10)5-27/h22H. The van der Waals surface area contributed by atoms with Crippen molar-refractivity contribution in [1.29, 1.82) is 47.4 Å². The van der Waals surface area contributed by atoms with Gasteiger partial charge in [-0.3, -0.25) is 0 Å². The maximum absolute atomic E-state index is 9.74. The Bertz CT molecular complexity index is 1410. The van der Waals surface area contributed by atoms with Crippen LogP contribution in [-0.4, -0.2) is 0 Å². The molecular formula is C22HN9. The van der Waals surface area contributed by atoms with E-state index in [1.54, 1.807) is 54.6 Å². The van der Waals surface area contributed by atoms with E-state index >= 15 is 0 Å². The molecule has 0 radical (unpaired) electrons. The third-order valence-corrected chi connectivity index (χ3v) is 4.99. The number of nitrogens with zero attached hydrogens (tertiary/aromatic N) is 9. The molecule has 0 amide bonds. The summed E-state index contributed by atoms with van der Waals surface area (Å²) in [5.41, 5.74) is -3.99. The minimum Gasteiger partial charge on any atom is -0.192 e. The summed E-state index contributed by atoms with van der Waals surface area (Å²) in [7, 11) is 0. The summed E-state index contributed by atoms with van der Waals surface area (Å²) in [4.78, 5) is 0. The van der Waals surface area contributed by atoms with Gasteiger partial charge in [-0.2, -0.15) is 47.4 Å². The lowest BCUT2D eigenvalue weighted by molar-refractivity contribution is 0.810. The molecule has 0 aromatic heterocycles. The zero-order chi connectivity index (χ0) is 22.9. The van der Waals surface area contributed by atoms with Gasteiger partial charge in [0.05, 0.1) is 50.2 Å². The number of nitriles is 9. The summed E-state index contributed by atoms with van der Waals surface area (Å²) < 4.78 is 0. The highest BCUT2D eigenvalue weighted by molar-refractivity contribution is 5.87. The van der Waals surface area contributed by atoms with Gasteiger partial charge in [0.25, 0.3) is 0 Å². The third kappa shape index (κ3) is 2.21. The van der Waals surface area contributed by atoms with Crippen LogP contribution < -0.4 is 0 Å². The fraction of sp³-hybridized carbons (Fsp3) is 0.0455. The summed E-state index contributed by atoms with van der Waals surface area (Å²) in [5, 5.41) is 87.3. The van der Waals surface area contributed by atoms with E-state index in [0.717, 1.165) is 0 Å². The highest BCUT2D eigenvalue weighted by Gasteiger charge is 2.48. The zero-order valence-corrected chi connectivity index (χ0v) is 15.1. The summed E-state index contributed by atoms with van der Waals surface area (Å²) in [5.74, 6) is -1.29. The second-order valence-electron chi connectivity index (χ2n) is 6.06. The first kappa shape index (κ1) is 19.6. The van der Waals surface area contributed by atoms with Gasteiger partial charge in [-0.1, -0.05) is 0 Å². The van der Waals surface area contributed by atoms with Gasteiger partial charge in [-0.05, 0) is 0 Å². The topological polar surface area (TPSA) is 214 Å². The van der Waals surface area contributed by atoms with Gasteiger partial charge in [0.15, 0.2) is 0 Å². The molecule has 0 saturated heterocycles. The van der Waals surface area contributed by atoms with Gasteiger partial charge in [-0.25, -0.2) is 0 Å². The predicted octanol–water partition coefficient (Wildman–Crippen LogP) is 2.14. The van der Waals surface area contributed by atoms with Crippen LogP contribution in [0, 0.1) is 108 Å². The van der Waals surface area contributed by atoms with Crippen molar-refractivity contribution in [1.82, 2.24) is 0 Å². The summed E-state index contributed by atoms with van der Waals surface area (Å²) in [6.45, 7) is 0. The number of rotatable bonds is 0. The molecular weight excluding hydrogens is 390 g/mol. The summed E-state index contributed by atoms with van der Waals surface area (Å²) in [6.07, 6.45) is 0. The first-order chi connectivity index (χ1) is 15.0. The molecule has 9 heteroatoms. The molecule has 0 fully saturated rings. The minimum atomic E-state index is -1.29. The van der Waals surface area contributed by atoms with Crippen molar-refractivity contribution in [2.24, 2.45) is 5.92 Å². The van der Waals surface area contributed by atoms with Crippen LogP contribution >= 0.6 is 0 Å². The Morgan fingerprint density at radius 3 is 0.645 bits per heavy atom. The van der Waals surface area contributed by atoms with Crippen molar-refractivity contribution < 1.29 is 0 Å². The lowest BCUT2D eigenvalue weighted by Gasteiger charge is -2.37. The molecule has 0 aromatic rings. The van der Waals surface area contributed by atoms with Crippen LogP contribution in [0.15, 0.2) is 66.9 Å². The normalized spacial score (nSPS) is 17.1. The first-order valence-electron chi connectivity index (χ1n) is 8.13. The molecule has 0 atom stereocenters. The van der Waals surface area contributed by atoms with Crippen LogP contribution in [0.1, 0.15) is 0 Å². The van der Waals surface area contributed by atoms with E-state index in [2.05, 4.69) is 0 Å². The zero-order valence-electron chi connectivity index (χ0n) is 15.1. The highest BCUT2D eigenvalue weighted by atomic mass is 14.5. The third-order valence-electron chi connectivity index (χ3n) is 4.99. The van der Waals surface area contributed by atoms with Crippen molar-refractivity contribution in [2.75, 3.05) is 0 Å². The monoisotopic (exact) mass is 391 g/mol. The van der Waals surface area contributed by atoms with Crippen LogP contribution in [0.3, 0.4) is 0 Å². The number of allylic oxidation sites excluding steroid dienone is 12. The molecule has 0 heterocycles. The Morgan fingerprint density at radius 1 is 0.290 bits per heavy atom. The molecule has 0 bridgehead atoms. The van der Waals surface area contributed by atoms with E-state index in [1.165, 1.54) is 0 Å². The first-order valence-corrected chi connectivity index (χ1v) is 8.13. The molecule has 31 heavy (non-hydrogen) atoms. The van der Waals surface area contributed by atoms with Crippen molar-refractivity contribution in [3.8, 4) is 54.6 Å². The van der Waals surface area contributed by atoms with Gasteiger partial charge in [0.2, 0.25) is 0 Å². The van der Waals surface area contributed by atoms with Crippen molar-refractivity contribution >= 4 is 0 Å². The molecule has 0 N–H and O–H groups in total. The Kier molecular flexibility index (Phi) is 4.50. The van der Waals surface area contributed by atoms with E-state index in [4.69, 9.17) is 0 Å². The van der Waals surface area contributed by atoms with E-state index in [1.807, 2.05) is 0 Å². The number of hydrogen-bond acceptors (Lipinski definition) is 9. The average molecular weight is 391 g/mol. The summed E-state index contributed by atoms with van der Waals surface area (Å²) in [6, 6.07) is 15.8. The molecule has 0 aliphatic heterocycles. The van der Waals surface area contributed by atoms with Gasteiger partial charge in [0, 0.05) is 22.6 Å².